The highest BCUT2D eigenvalue weighted by Gasteiger charge is 2.23. The van der Waals surface area contributed by atoms with Gasteiger partial charge >= 0.3 is 6.09 Å². The van der Waals surface area contributed by atoms with Crippen molar-refractivity contribution in [1.82, 2.24) is 10.2 Å². The molecule has 0 aliphatic carbocycles. The maximum atomic E-state index is 12.4. The number of halogens is 1. The van der Waals surface area contributed by atoms with Gasteiger partial charge in [-0.15, -0.1) is 0 Å². The number of benzene rings is 1. The molecule has 1 aliphatic heterocycles. The predicted octanol–water partition coefficient (Wildman–Crippen LogP) is 3.16. The molecule has 0 spiro atoms. The van der Waals surface area contributed by atoms with Crippen LogP contribution in [0.5, 0.6) is 0 Å². The second-order valence-electron chi connectivity index (χ2n) is 6.21. The molecule has 0 bridgehead atoms. The van der Waals surface area contributed by atoms with E-state index < -0.39 is 5.91 Å². The lowest BCUT2D eigenvalue weighted by molar-refractivity contribution is -0.112. The molecule has 0 saturated carbocycles. The van der Waals surface area contributed by atoms with Gasteiger partial charge < -0.3 is 20.3 Å². The molecule has 0 atom stereocenters. The zero-order valence-electron chi connectivity index (χ0n) is 15.4. The summed E-state index contributed by atoms with van der Waals surface area (Å²) in [5.74, 6) is -0.446. The fourth-order valence-corrected chi connectivity index (χ4v) is 3.40. The molecule has 2 rings (SSSR count). The summed E-state index contributed by atoms with van der Waals surface area (Å²) in [5, 5.41) is 15.2. The van der Waals surface area contributed by atoms with Gasteiger partial charge in [0.05, 0.1) is 6.61 Å². The summed E-state index contributed by atoms with van der Waals surface area (Å²) >= 11 is 2.21. The van der Waals surface area contributed by atoms with E-state index >= 15 is 0 Å². The first-order valence-corrected chi connectivity index (χ1v) is 9.88. The number of likely N-dealkylation sites (tertiary alicyclic amines) is 1. The number of piperidine rings is 1. The van der Waals surface area contributed by atoms with Gasteiger partial charge in [0.2, 0.25) is 0 Å². The van der Waals surface area contributed by atoms with Crippen LogP contribution in [0.25, 0.3) is 0 Å². The lowest BCUT2D eigenvalue weighted by atomic mass is 10.1. The second-order valence-corrected chi connectivity index (χ2v) is 7.46. The van der Waals surface area contributed by atoms with Gasteiger partial charge in [-0.2, -0.15) is 5.26 Å². The third kappa shape index (κ3) is 6.13. The first-order chi connectivity index (χ1) is 12.9. The van der Waals surface area contributed by atoms with Crippen LogP contribution < -0.4 is 10.6 Å². The molecule has 1 aliphatic rings. The molecule has 1 aromatic rings. The van der Waals surface area contributed by atoms with E-state index in [1.165, 1.54) is 6.20 Å². The molecule has 2 amide bonds. The van der Waals surface area contributed by atoms with Crippen molar-refractivity contribution in [3.05, 3.63) is 39.1 Å². The van der Waals surface area contributed by atoms with Crippen molar-refractivity contribution in [2.75, 3.05) is 25.0 Å². The van der Waals surface area contributed by atoms with Gasteiger partial charge in [-0.05, 0) is 73.0 Å². The van der Waals surface area contributed by atoms with Crippen LogP contribution in [0.1, 0.15) is 25.3 Å². The Balaban J connectivity index is 1.90. The smallest absolute Gasteiger partial charge is 0.409 e. The van der Waals surface area contributed by atoms with Crippen molar-refractivity contribution in [3.63, 3.8) is 0 Å². The Labute approximate surface area is 172 Å². The van der Waals surface area contributed by atoms with Crippen molar-refractivity contribution in [2.24, 2.45) is 0 Å². The SMILES string of the molecule is CCOC(=O)N1CCC(N/C=C(/C#N)C(=O)Nc2ccc(I)cc2C)CC1. The van der Waals surface area contributed by atoms with E-state index in [0.717, 1.165) is 22.0 Å². The van der Waals surface area contributed by atoms with E-state index in [0.29, 0.717) is 25.4 Å². The molecular weight excluding hydrogens is 459 g/mol. The highest BCUT2D eigenvalue weighted by atomic mass is 127. The molecule has 27 heavy (non-hydrogen) atoms. The zero-order chi connectivity index (χ0) is 19.8. The Morgan fingerprint density at radius 3 is 2.70 bits per heavy atom. The van der Waals surface area contributed by atoms with Crippen LogP contribution in [0.15, 0.2) is 30.0 Å². The first-order valence-electron chi connectivity index (χ1n) is 8.80. The number of amides is 2. The Kier molecular flexibility index (Phi) is 7.91. The largest absolute Gasteiger partial charge is 0.450 e. The molecule has 2 N–H and O–H groups in total. The van der Waals surface area contributed by atoms with Crippen LogP contribution in [0.3, 0.4) is 0 Å². The maximum absolute atomic E-state index is 12.4. The lowest BCUT2D eigenvalue weighted by Gasteiger charge is -2.31. The zero-order valence-corrected chi connectivity index (χ0v) is 17.6. The molecule has 8 heteroatoms. The number of ether oxygens (including phenoxy) is 1. The molecule has 1 saturated heterocycles. The number of hydrogen-bond acceptors (Lipinski definition) is 5. The van der Waals surface area contributed by atoms with Gasteiger partial charge in [-0.25, -0.2) is 4.79 Å². The number of rotatable bonds is 5. The van der Waals surface area contributed by atoms with Crippen LogP contribution in [0.4, 0.5) is 10.5 Å². The average Bonchev–Trinajstić information content (AvgIpc) is 2.65. The Morgan fingerprint density at radius 1 is 1.41 bits per heavy atom. The van der Waals surface area contributed by atoms with Crippen molar-refractivity contribution < 1.29 is 14.3 Å². The van der Waals surface area contributed by atoms with Gasteiger partial charge in [0.1, 0.15) is 11.6 Å². The third-order valence-corrected chi connectivity index (χ3v) is 4.96. The Morgan fingerprint density at radius 2 is 2.11 bits per heavy atom. The molecule has 7 nitrogen and oxygen atoms in total. The second kappa shape index (κ2) is 10.2. The Hall–Kier alpha value is -2.28. The normalized spacial score (nSPS) is 15.0. The molecule has 1 fully saturated rings. The minimum absolute atomic E-state index is 0.0146. The first kappa shape index (κ1) is 21.0. The number of carbonyl (C=O) groups is 2. The summed E-state index contributed by atoms with van der Waals surface area (Å²) in [4.78, 5) is 25.7. The number of anilines is 1. The average molecular weight is 482 g/mol. The van der Waals surface area contributed by atoms with Gasteiger partial charge in [0.15, 0.2) is 0 Å². The van der Waals surface area contributed by atoms with Gasteiger partial charge in [-0.3, -0.25) is 4.79 Å². The van der Waals surface area contributed by atoms with E-state index in [-0.39, 0.29) is 17.7 Å². The predicted molar refractivity (Wildman–Crippen MR) is 111 cm³/mol. The standard InChI is InChI=1S/C19H23IN4O3/c1-3-27-19(26)24-8-6-16(7-9-24)22-12-14(11-21)18(25)23-17-5-4-15(20)10-13(17)2/h4-5,10,12,16,22H,3,6-9H2,1-2H3,(H,23,25)/b14-12-. The number of nitrogens with zero attached hydrogens (tertiary/aromatic N) is 2. The third-order valence-electron chi connectivity index (χ3n) is 4.29. The van der Waals surface area contributed by atoms with Crippen LogP contribution in [-0.4, -0.2) is 42.6 Å². The number of nitrogens with one attached hydrogen (secondary N) is 2. The minimum Gasteiger partial charge on any atom is -0.450 e. The minimum atomic E-state index is -0.446. The summed E-state index contributed by atoms with van der Waals surface area (Å²) in [6, 6.07) is 7.72. The summed E-state index contributed by atoms with van der Waals surface area (Å²) in [5.41, 5.74) is 1.64. The van der Waals surface area contributed by atoms with Crippen LogP contribution in [0.2, 0.25) is 0 Å². The molecule has 1 heterocycles. The molecular formula is C19H23IN4O3. The topological polar surface area (TPSA) is 94.5 Å². The van der Waals surface area contributed by atoms with Crippen molar-refractivity contribution >= 4 is 40.3 Å². The molecule has 144 valence electrons. The van der Waals surface area contributed by atoms with E-state index in [1.807, 2.05) is 31.2 Å². The van der Waals surface area contributed by atoms with E-state index in [2.05, 4.69) is 33.2 Å². The highest BCUT2D eigenvalue weighted by Crippen LogP contribution is 2.18. The van der Waals surface area contributed by atoms with E-state index in [1.54, 1.807) is 11.8 Å². The van der Waals surface area contributed by atoms with Crippen molar-refractivity contribution in [3.8, 4) is 6.07 Å². The fourth-order valence-electron chi connectivity index (χ4n) is 2.75. The van der Waals surface area contributed by atoms with Crippen LogP contribution in [0, 0.1) is 21.8 Å². The molecule has 0 aromatic heterocycles. The number of nitriles is 1. The summed E-state index contributed by atoms with van der Waals surface area (Å²) in [6.07, 6.45) is 2.62. The fraction of sp³-hybridized carbons (Fsp3) is 0.421. The van der Waals surface area contributed by atoms with Gasteiger partial charge in [0.25, 0.3) is 5.91 Å². The van der Waals surface area contributed by atoms with Crippen molar-refractivity contribution in [1.29, 1.82) is 5.26 Å². The quantitative estimate of drug-likeness (QED) is 0.382. The maximum Gasteiger partial charge on any atom is 0.409 e. The van der Waals surface area contributed by atoms with Gasteiger partial charge in [0, 0.05) is 34.6 Å². The van der Waals surface area contributed by atoms with E-state index in [9.17, 15) is 14.9 Å². The number of aryl methyl sites for hydroxylation is 1. The number of carbonyl (C=O) groups excluding carboxylic acids is 2. The lowest BCUT2D eigenvalue weighted by Crippen LogP contribution is -2.44. The van der Waals surface area contributed by atoms with Crippen molar-refractivity contribution in [2.45, 2.75) is 32.7 Å². The molecule has 0 radical (unpaired) electrons. The summed E-state index contributed by atoms with van der Waals surface area (Å²) in [7, 11) is 0. The Bertz CT molecular complexity index is 765. The molecule has 0 unspecified atom stereocenters. The molecule has 1 aromatic carbocycles. The summed E-state index contributed by atoms with van der Waals surface area (Å²) < 4.78 is 6.07. The monoisotopic (exact) mass is 482 g/mol. The number of hydrogen-bond donors (Lipinski definition) is 2. The summed E-state index contributed by atoms with van der Waals surface area (Å²) in [6.45, 7) is 5.22. The van der Waals surface area contributed by atoms with Crippen LogP contribution >= 0.6 is 22.6 Å². The van der Waals surface area contributed by atoms with Gasteiger partial charge in [-0.1, -0.05) is 0 Å². The van der Waals surface area contributed by atoms with E-state index in [4.69, 9.17) is 4.74 Å². The highest BCUT2D eigenvalue weighted by molar-refractivity contribution is 14.1. The van der Waals surface area contributed by atoms with Crippen LogP contribution in [-0.2, 0) is 9.53 Å².